The molecule has 1 amide bonds. The molecule has 2 heterocycles. The van der Waals surface area contributed by atoms with Gasteiger partial charge in [-0.05, 0) is 36.2 Å². The van der Waals surface area contributed by atoms with Gasteiger partial charge in [-0.25, -0.2) is 14.2 Å². The zero-order valence-corrected chi connectivity index (χ0v) is 12.4. The van der Waals surface area contributed by atoms with E-state index in [-0.39, 0.29) is 17.5 Å². The highest BCUT2D eigenvalue weighted by atomic mass is 19.1. The van der Waals surface area contributed by atoms with Crippen LogP contribution in [0.3, 0.4) is 0 Å². The van der Waals surface area contributed by atoms with Crippen molar-refractivity contribution in [3.63, 3.8) is 0 Å². The Kier molecular flexibility index (Phi) is 4.46. The Balaban J connectivity index is 1.70. The standard InChI is InChI=1S/C16H13FN4O3/c17-12-3-1-2-10(8-12)4-5-14-20-21-15(24-14)11-6-7-18-13(9-11)19-16(22)23/h1-3,6-9H,4-5H2,(H,18,19)(H,22,23). The molecule has 122 valence electrons. The number of aromatic nitrogens is 3. The minimum Gasteiger partial charge on any atom is -0.465 e. The van der Waals surface area contributed by atoms with E-state index in [4.69, 9.17) is 9.52 Å². The van der Waals surface area contributed by atoms with E-state index < -0.39 is 6.09 Å². The second kappa shape index (κ2) is 6.86. The van der Waals surface area contributed by atoms with Crippen molar-refractivity contribution in [3.8, 4) is 11.5 Å². The summed E-state index contributed by atoms with van der Waals surface area (Å²) in [4.78, 5) is 14.5. The first kappa shape index (κ1) is 15.6. The molecular weight excluding hydrogens is 315 g/mol. The molecule has 8 heteroatoms. The molecule has 3 aromatic rings. The average molecular weight is 328 g/mol. The average Bonchev–Trinajstić information content (AvgIpc) is 3.02. The Labute approximate surface area is 136 Å². The summed E-state index contributed by atoms with van der Waals surface area (Å²) in [6.07, 6.45) is 1.28. The lowest BCUT2D eigenvalue weighted by Crippen LogP contribution is -2.08. The Morgan fingerprint density at radius 2 is 2.08 bits per heavy atom. The van der Waals surface area contributed by atoms with Gasteiger partial charge in [0.1, 0.15) is 11.6 Å². The Hall–Kier alpha value is -3.29. The SMILES string of the molecule is O=C(O)Nc1cc(-c2nnc(CCc3cccc(F)c3)o2)ccn1. The summed E-state index contributed by atoms with van der Waals surface area (Å²) in [5.74, 6) is 0.562. The van der Waals surface area contributed by atoms with E-state index in [1.165, 1.54) is 24.4 Å². The molecule has 0 atom stereocenters. The number of pyridine rings is 1. The molecule has 0 fully saturated rings. The summed E-state index contributed by atoms with van der Waals surface area (Å²) in [6, 6.07) is 9.46. The lowest BCUT2D eigenvalue weighted by Gasteiger charge is -2.00. The van der Waals surface area contributed by atoms with E-state index in [9.17, 15) is 9.18 Å². The van der Waals surface area contributed by atoms with E-state index in [0.717, 1.165) is 5.56 Å². The minimum atomic E-state index is -1.21. The van der Waals surface area contributed by atoms with Gasteiger partial charge < -0.3 is 9.52 Å². The Bertz CT molecular complexity index is 866. The van der Waals surface area contributed by atoms with Crippen LogP contribution in [0, 0.1) is 5.82 Å². The Morgan fingerprint density at radius 3 is 2.88 bits per heavy atom. The smallest absolute Gasteiger partial charge is 0.410 e. The molecule has 2 N–H and O–H groups in total. The number of benzene rings is 1. The van der Waals surface area contributed by atoms with Crippen molar-refractivity contribution in [3.05, 3.63) is 59.9 Å². The number of hydrogen-bond acceptors (Lipinski definition) is 5. The number of halogens is 1. The second-order valence-electron chi connectivity index (χ2n) is 4.99. The third-order valence-corrected chi connectivity index (χ3v) is 3.23. The van der Waals surface area contributed by atoms with E-state index in [1.54, 1.807) is 12.1 Å². The first-order valence-corrected chi connectivity index (χ1v) is 7.13. The number of nitrogens with zero attached hydrogens (tertiary/aromatic N) is 3. The number of aryl methyl sites for hydroxylation is 2. The first-order chi connectivity index (χ1) is 11.6. The molecule has 0 aliphatic carbocycles. The van der Waals surface area contributed by atoms with Gasteiger partial charge in [0.2, 0.25) is 11.8 Å². The molecule has 24 heavy (non-hydrogen) atoms. The minimum absolute atomic E-state index is 0.166. The van der Waals surface area contributed by atoms with Gasteiger partial charge in [-0.15, -0.1) is 10.2 Å². The van der Waals surface area contributed by atoms with E-state index in [2.05, 4.69) is 20.5 Å². The quantitative estimate of drug-likeness (QED) is 0.746. The van der Waals surface area contributed by atoms with Crippen molar-refractivity contribution < 1.29 is 18.7 Å². The van der Waals surface area contributed by atoms with E-state index in [1.807, 2.05) is 6.07 Å². The van der Waals surface area contributed by atoms with Gasteiger partial charge in [-0.3, -0.25) is 5.32 Å². The number of rotatable bonds is 5. The summed E-state index contributed by atoms with van der Waals surface area (Å²) < 4.78 is 18.7. The summed E-state index contributed by atoms with van der Waals surface area (Å²) in [5, 5.41) is 18.8. The van der Waals surface area contributed by atoms with Gasteiger partial charge in [0.15, 0.2) is 0 Å². The van der Waals surface area contributed by atoms with Gasteiger partial charge in [0.25, 0.3) is 0 Å². The normalized spacial score (nSPS) is 10.5. The maximum absolute atomic E-state index is 13.1. The molecule has 0 unspecified atom stereocenters. The van der Waals surface area contributed by atoms with Crippen molar-refractivity contribution in [1.29, 1.82) is 0 Å². The van der Waals surface area contributed by atoms with Crippen LogP contribution < -0.4 is 5.32 Å². The van der Waals surface area contributed by atoms with Gasteiger partial charge in [-0.1, -0.05) is 12.1 Å². The molecule has 7 nitrogen and oxygen atoms in total. The lowest BCUT2D eigenvalue weighted by molar-refractivity contribution is 0.209. The van der Waals surface area contributed by atoms with Crippen LogP contribution in [0.2, 0.25) is 0 Å². The van der Waals surface area contributed by atoms with Crippen LogP contribution in [0.15, 0.2) is 47.0 Å². The van der Waals surface area contributed by atoms with Crippen LogP contribution in [0.5, 0.6) is 0 Å². The number of carbonyl (C=O) groups is 1. The second-order valence-corrected chi connectivity index (χ2v) is 4.99. The van der Waals surface area contributed by atoms with Crippen LogP contribution in [0.4, 0.5) is 15.0 Å². The molecule has 1 aromatic carbocycles. The molecule has 3 rings (SSSR count). The van der Waals surface area contributed by atoms with Crippen LogP contribution in [0.1, 0.15) is 11.5 Å². The highest BCUT2D eigenvalue weighted by molar-refractivity contribution is 5.82. The third kappa shape index (κ3) is 3.92. The molecule has 0 spiro atoms. The molecular formula is C16H13FN4O3. The molecule has 0 radical (unpaired) electrons. The number of amides is 1. The van der Waals surface area contributed by atoms with E-state index in [0.29, 0.717) is 24.3 Å². The van der Waals surface area contributed by atoms with Gasteiger partial charge in [0, 0.05) is 18.2 Å². The molecule has 0 saturated heterocycles. The fourth-order valence-electron chi connectivity index (χ4n) is 2.16. The molecule has 0 bridgehead atoms. The summed E-state index contributed by atoms with van der Waals surface area (Å²) in [6.45, 7) is 0. The van der Waals surface area contributed by atoms with E-state index >= 15 is 0 Å². The molecule has 0 saturated carbocycles. The first-order valence-electron chi connectivity index (χ1n) is 7.13. The predicted octanol–water partition coefficient (Wildman–Crippen LogP) is 3.15. The Morgan fingerprint density at radius 1 is 1.21 bits per heavy atom. The maximum Gasteiger partial charge on any atom is 0.410 e. The molecule has 0 aliphatic heterocycles. The van der Waals surface area contributed by atoms with Crippen LogP contribution in [0.25, 0.3) is 11.5 Å². The molecule has 2 aromatic heterocycles. The van der Waals surface area contributed by atoms with Gasteiger partial charge in [0.05, 0.1) is 0 Å². The number of carboxylic acid groups (broad SMARTS) is 1. The maximum atomic E-state index is 13.1. The van der Waals surface area contributed by atoms with Crippen molar-refractivity contribution in [2.45, 2.75) is 12.8 Å². The predicted molar refractivity (Wildman–Crippen MR) is 83.0 cm³/mol. The summed E-state index contributed by atoms with van der Waals surface area (Å²) in [5.41, 5.74) is 1.39. The molecule has 0 aliphatic rings. The summed E-state index contributed by atoms with van der Waals surface area (Å²) in [7, 11) is 0. The zero-order chi connectivity index (χ0) is 16.9. The number of nitrogens with one attached hydrogen (secondary N) is 1. The highest BCUT2D eigenvalue weighted by Crippen LogP contribution is 2.20. The lowest BCUT2D eigenvalue weighted by atomic mass is 10.1. The van der Waals surface area contributed by atoms with Crippen molar-refractivity contribution in [2.24, 2.45) is 0 Å². The van der Waals surface area contributed by atoms with Crippen LogP contribution in [-0.2, 0) is 12.8 Å². The monoisotopic (exact) mass is 328 g/mol. The summed E-state index contributed by atoms with van der Waals surface area (Å²) >= 11 is 0. The van der Waals surface area contributed by atoms with Crippen LogP contribution >= 0.6 is 0 Å². The van der Waals surface area contributed by atoms with Crippen molar-refractivity contribution in [1.82, 2.24) is 15.2 Å². The van der Waals surface area contributed by atoms with Crippen molar-refractivity contribution in [2.75, 3.05) is 5.32 Å². The zero-order valence-electron chi connectivity index (χ0n) is 12.4. The number of hydrogen-bond donors (Lipinski definition) is 2. The van der Waals surface area contributed by atoms with Crippen LogP contribution in [-0.4, -0.2) is 26.4 Å². The topological polar surface area (TPSA) is 101 Å². The van der Waals surface area contributed by atoms with Gasteiger partial charge in [-0.2, -0.15) is 0 Å². The van der Waals surface area contributed by atoms with Crippen molar-refractivity contribution >= 4 is 11.9 Å². The fourth-order valence-corrected chi connectivity index (χ4v) is 2.16. The highest BCUT2D eigenvalue weighted by Gasteiger charge is 2.10. The third-order valence-electron chi connectivity index (χ3n) is 3.23. The largest absolute Gasteiger partial charge is 0.465 e. The fraction of sp³-hybridized carbons (Fsp3) is 0.125. The van der Waals surface area contributed by atoms with Gasteiger partial charge >= 0.3 is 6.09 Å². The number of anilines is 1.